The fourth-order valence-electron chi connectivity index (χ4n) is 2.49. The molecule has 2 aromatic rings. The third-order valence-electron chi connectivity index (χ3n) is 3.86. The average molecular weight is 373 g/mol. The summed E-state index contributed by atoms with van der Waals surface area (Å²) in [5.41, 5.74) is 1.96. The van der Waals surface area contributed by atoms with Crippen molar-refractivity contribution in [3.63, 3.8) is 0 Å². The molecule has 0 saturated carbocycles. The minimum atomic E-state index is -0.425. The van der Waals surface area contributed by atoms with Crippen LogP contribution >= 0.6 is 0 Å². The fourth-order valence-corrected chi connectivity index (χ4v) is 2.49. The minimum absolute atomic E-state index is 0.0570. The van der Waals surface area contributed by atoms with Gasteiger partial charge in [-0.1, -0.05) is 29.8 Å². The molecule has 5 nitrogen and oxygen atoms in total. The van der Waals surface area contributed by atoms with Crippen molar-refractivity contribution < 1.29 is 23.5 Å². The van der Waals surface area contributed by atoms with E-state index < -0.39 is 12.0 Å². The standard InChI is InChI=1S/C21H24FNO4/c1-15-4-6-17(7-5-15)20(23-16(2)24)14-21(25)27-13-3-12-26-19-10-8-18(22)9-11-19/h4-11,20H,3,12-14H2,1-2H3,(H,23,24). The average Bonchev–Trinajstić information content (AvgIpc) is 2.63. The number of aryl methyl sites for hydroxylation is 1. The molecule has 2 aromatic carbocycles. The van der Waals surface area contributed by atoms with Gasteiger partial charge in [-0.25, -0.2) is 4.39 Å². The Morgan fingerprint density at radius 2 is 1.70 bits per heavy atom. The number of halogens is 1. The Hall–Kier alpha value is -2.89. The molecule has 1 amide bonds. The zero-order valence-electron chi connectivity index (χ0n) is 15.5. The van der Waals surface area contributed by atoms with Crippen molar-refractivity contribution in [2.24, 2.45) is 0 Å². The highest BCUT2D eigenvalue weighted by molar-refractivity contribution is 5.76. The Balaban J connectivity index is 1.75. The van der Waals surface area contributed by atoms with Crippen molar-refractivity contribution >= 4 is 11.9 Å². The van der Waals surface area contributed by atoms with Crippen LogP contribution in [0.4, 0.5) is 4.39 Å². The second kappa shape index (κ2) is 10.3. The van der Waals surface area contributed by atoms with Gasteiger partial charge in [0.15, 0.2) is 0 Å². The predicted octanol–water partition coefficient (Wildman–Crippen LogP) is 3.71. The largest absolute Gasteiger partial charge is 0.493 e. The normalized spacial score (nSPS) is 11.5. The van der Waals surface area contributed by atoms with E-state index in [4.69, 9.17) is 9.47 Å². The first-order valence-corrected chi connectivity index (χ1v) is 8.81. The van der Waals surface area contributed by atoms with Gasteiger partial charge in [-0.15, -0.1) is 0 Å². The SMILES string of the molecule is CC(=O)NC(CC(=O)OCCCOc1ccc(F)cc1)c1ccc(C)cc1. The van der Waals surface area contributed by atoms with E-state index in [1.165, 1.54) is 19.1 Å². The number of amides is 1. The van der Waals surface area contributed by atoms with Gasteiger partial charge in [0.05, 0.1) is 25.7 Å². The molecular formula is C21H24FNO4. The molecule has 0 heterocycles. The number of carbonyl (C=O) groups is 2. The second-order valence-electron chi connectivity index (χ2n) is 6.24. The summed E-state index contributed by atoms with van der Waals surface area (Å²) in [5.74, 6) is -0.358. The molecule has 1 N–H and O–H groups in total. The first-order chi connectivity index (χ1) is 12.9. The van der Waals surface area contributed by atoms with Crippen LogP contribution in [0.15, 0.2) is 48.5 Å². The highest BCUT2D eigenvalue weighted by Gasteiger charge is 2.18. The van der Waals surface area contributed by atoms with E-state index in [0.29, 0.717) is 18.8 Å². The van der Waals surface area contributed by atoms with Crippen molar-refractivity contribution in [2.45, 2.75) is 32.7 Å². The number of rotatable bonds is 9. The predicted molar refractivity (Wildman–Crippen MR) is 99.8 cm³/mol. The molecule has 0 saturated heterocycles. The number of hydrogen-bond acceptors (Lipinski definition) is 4. The molecule has 0 aromatic heterocycles. The summed E-state index contributed by atoms with van der Waals surface area (Å²) in [7, 11) is 0. The Morgan fingerprint density at radius 1 is 1.04 bits per heavy atom. The summed E-state index contributed by atoms with van der Waals surface area (Å²) < 4.78 is 23.5. The number of ether oxygens (including phenoxy) is 2. The van der Waals surface area contributed by atoms with Crippen LogP contribution in [0.2, 0.25) is 0 Å². The lowest BCUT2D eigenvalue weighted by atomic mass is 10.0. The van der Waals surface area contributed by atoms with Crippen molar-refractivity contribution in [3.05, 3.63) is 65.5 Å². The minimum Gasteiger partial charge on any atom is -0.493 e. The highest BCUT2D eigenvalue weighted by atomic mass is 19.1. The number of esters is 1. The molecule has 2 rings (SSSR count). The van der Waals surface area contributed by atoms with Crippen LogP contribution in [-0.2, 0) is 14.3 Å². The van der Waals surface area contributed by atoms with Crippen molar-refractivity contribution in [1.29, 1.82) is 0 Å². The zero-order valence-corrected chi connectivity index (χ0v) is 15.5. The lowest BCUT2D eigenvalue weighted by molar-refractivity contribution is -0.144. The van der Waals surface area contributed by atoms with E-state index in [2.05, 4.69) is 5.32 Å². The van der Waals surface area contributed by atoms with Crippen LogP contribution in [0.1, 0.15) is 36.9 Å². The molecule has 1 atom stereocenters. The van der Waals surface area contributed by atoms with E-state index in [1.807, 2.05) is 31.2 Å². The van der Waals surface area contributed by atoms with Crippen LogP contribution < -0.4 is 10.1 Å². The third-order valence-corrected chi connectivity index (χ3v) is 3.86. The summed E-state index contributed by atoms with van der Waals surface area (Å²) in [6.45, 7) is 3.95. The molecule has 0 bridgehead atoms. The Kier molecular flexibility index (Phi) is 7.79. The maximum absolute atomic E-state index is 12.8. The maximum atomic E-state index is 12.8. The first-order valence-electron chi connectivity index (χ1n) is 8.81. The van der Waals surface area contributed by atoms with E-state index >= 15 is 0 Å². The molecular weight excluding hydrogens is 349 g/mol. The van der Waals surface area contributed by atoms with Gasteiger partial charge in [-0.2, -0.15) is 0 Å². The molecule has 0 fully saturated rings. The van der Waals surface area contributed by atoms with Crippen LogP contribution in [0, 0.1) is 12.7 Å². The summed E-state index contributed by atoms with van der Waals surface area (Å²) in [4.78, 5) is 23.5. The van der Waals surface area contributed by atoms with Crippen molar-refractivity contribution in [2.75, 3.05) is 13.2 Å². The Bertz CT molecular complexity index is 744. The van der Waals surface area contributed by atoms with Crippen molar-refractivity contribution in [3.8, 4) is 5.75 Å². The Morgan fingerprint density at radius 3 is 2.33 bits per heavy atom. The third kappa shape index (κ3) is 7.48. The topological polar surface area (TPSA) is 64.6 Å². The zero-order chi connectivity index (χ0) is 19.6. The molecule has 0 spiro atoms. The van der Waals surface area contributed by atoms with E-state index in [0.717, 1.165) is 11.1 Å². The fraction of sp³-hybridized carbons (Fsp3) is 0.333. The molecule has 0 aliphatic heterocycles. The molecule has 6 heteroatoms. The molecule has 0 aliphatic rings. The molecule has 0 aliphatic carbocycles. The summed E-state index contributed by atoms with van der Waals surface area (Å²) in [5, 5.41) is 2.78. The molecule has 0 radical (unpaired) electrons. The number of hydrogen-bond donors (Lipinski definition) is 1. The van der Waals surface area contributed by atoms with Crippen molar-refractivity contribution in [1.82, 2.24) is 5.32 Å². The number of nitrogens with one attached hydrogen (secondary N) is 1. The van der Waals surface area contributed by atoms with Crippen LogP contribution in [0.3, 0.4) is 0 Å². The molecule has 144 valence electrons. The van der Waals surface area contributed by atoms with Crippen LogP contribution in [0.25, 0.3) is 0 Å². The number of benzene rings is 2. The summed E-state index contributed by atoms with van der Waals surface area (Å²) >= 11 is 0. The number of carbonyl (C=O) groups excluding carboxylic acids is 2. The van der Waals surface area contributed by atoms with Gasteiger partial charge in [0.2, 0.25) is 5.91 Å². The second-order valence-corrected chi connectivity index (χ2v) is 6.24. The first kappa shape index (κ1) is 20.4. The van der Waals surface area contributed by atoms with E-state index in [9.17, 15) is 14.0 Å². The van der Waals surface area contributed by atoms with Crippen LogP contribution in [-0.4, -0.2) is 25.1 Å². The van der Waals surface area contributed by atoms with E-state index in [1.54, 1.807) is 12.1 Å². The molecule has 1 unspecified atom stereocenters. The highest BCUT2D eigenvalue weighted by Crippen LogP contribution is 2.18. The molecule has 27 heavy (non-hydrogen) atoms. The van der Waals surface area contributed by atoms with Gasteiger partial charge in [0, 0.05) is 13.3 Å². The van der Waals surface area contributed by atoms with Gasteiger partial charge in [0.25, 0.3) is 0 Å². The lowest BCUT2D eigenvalue weighted by Crippen LogP contribution is -2.28. The van der Waals surface area contributed by atoms with Gasteiger partial charge < -0.3 is 14.8 Å². The van der Waals surface area contributed by atoms with Crippen LogP contribution in [0.5, 0.6) is 5.75 Å². The summed E-state index contributed by atoms with van der Waals surface area (Å²) in [6, 6.07) is 12.9. The summed E-state index contributed by atoms with van der Waals surface area (Å²) in [6.07, 6.45) is 0.569. The monoisotopic (exact) mass is 373 g/mol. The quantitative estimate of drug-likeness (QED) is 0.538. The van der Waals surface area contributed by atoms with Gasteiger partial charge in [0.1, 0.15) is 11.6 Å². The van der Waals surface area contributed by atoms with Gasteiger partial charge in [-0.3, -0.25) is 9.59 Å². The van der Waals surface area contributed by atoms with Gasteiger partial charge in [-0.05, 0) is 36.8 Å². The maximum Gasteiger partial charge on any atom is 0.308 e. The Labute approximate surface area is 158 Å². The lowest BCUT2D eigenvalue weighted by Gasteiger charge is -2.18. The van der Waals surface area contributed by atoms with Gasteiger partial charge >= 0.3 is 5.97 Å². The van der Waals surface area contributed by atoms with E-state index in [-0.39, 0.29) is 24.8 Å². The smallest absolute Gasteiger partial charge is 0.308 e.